The van der Waals surface area contributed by atoms with Crippen LogP contribution in [-0.2, 0) is 4.79 Å². The van der Waals surface area contributed by atoms with Crippen LogP contribution in [0.1, 0.15) is 56.9 Å². The van der Waals surface area contributed by atoms with Crippen LogP contribution in [0.4, 0.5) is 0 Å². The number of esters is 1. The molecule has 1 aliphatic rings. The van der Waals surface area contributed by atoms with E-state index in [1.54, 1.807) is 0 Å². The molecule has 0 fully saturated rings. The fourth-order valence-corrected chi connectivity index (χ4v) is 3.17. The topological polar surface area (TPSA) is 26.3 Å². The van der Waals surface area contributed by atoms with Gasteiger partial charge in [-0.3, -0.25) is 4.79 Å². The lowest BCUT2D eigenvalue weighted by Crippen LogP contribution is -2.10. The smallest absolute Gasteiger partial charge is 0.318 e. The first-order valence-electron chi connectivity index (χ1n) is 8.04. The highest BCUT2D eigenvalue weighted by molar-refractivity contribution is 5.97. The van der Waals surface area contributed by atoms with Gasteiger partial charge in [-0.2, -0.15) is 0 Å². The Morgan fingerprint density at radius 1 is 1.00 bits per heavy atom. The SMILES string of the molecule is CCCCCCCC1C(=O)Oc2c1ccc1ccccc21. The fraction of sp³-hybridized carbons (Fsp3) is 0.421. The van der Waals surface area contributed by atoms with Gasteiger partial charge < -0.3 is 4.74 Å². The van der Waals surface area contributed by atoms with E-state index in [1.165, 1.54) is 25.7 Å². The Balaban J connectivity index is 1.77. The molecule has 0 saturated carbocycles. The van der Waals surface area contributed by atoms with Crippen molar-refractivity contribution in [3.63, 3.8) is 0 Å². The van der Waals surface area contributed by atoms with Crippen molar-refractivity contribution in [3.8, 4) is 5.75 Å². The zero-order valence-electron chi connectivity index (χ0n) is 12.6. The predicted octanol–water partition coefficient (Wildman–Crippen LogP) is 5.20. The van der Waals surface area contributed by atoms with Gasteiger partial charge in [0, 0.05) is 10.9 Å². The first-order valence-corrected chi connectivity index (χ1v) is 8.04. The van der Waals surface area contributed by atoms with E-state index < -0.39 is 0 Å². The number of fused-ring (bicyclic) bond motifs is 3. The molecule has 0 aromatic heterocycles. The van der Waals surface area contributed by atoms with E-state index in [2.05, 4.69) is 25.1 Å². The molecule has 1 unspecified atom stereocenters. The summed E-state index contributed by atoms with van der Waals surface area (Å²) in [4.78, 5) is 12.2. The van der Waals surface area contributed by atoms with Crippen LogP contribution in [0.5, 0.6) is 5.75 Å². The summed E-state index contributed by atoms with van der Waals surface area (Å²) < 4.78 is 5.57. The molecule has 0 spiro atoms. The lowest BCUT2D eigenvalue weighted by Gasteiger charge is -2.07. The summed E-state index contributed by atoms with van der Waals surface area (Å²) in [5.41, 5.74) is 1.08. The van der Waals surface area contributed by atoms with Crippen LogP contribution in [0.25, 0.3) is 10.8 Å². The van der Waals surface area contributed by atoms with E-state index in [0.29, 0.717) is 0 Å². The Bertz CT molecular complexity index is 645. The molecule has 3 rings (SSSR count). The maximum absolute atomic E-state index is 12.2. The Kier molecular flexibility index (Phi) is 4.23. The summed E-state index contributed by atoms with van der Waals surface area (Å²) in [5.74, 6) is 0.653. The number of carbonyl (C=O) groups is 1. The Labute approximate surface area is 126 Å². The average Bonchev–Trinajstić information content (AvgIpc) is 2.83. The molecule has 0 amide bonds. The first kappa shape index (κ1) is 14.1. The van der Waals surface area contributed by atoms with Crippen molar-refractivity contribution >= 4 is 16.7 Å². The molecule has 2 heteroatoms. The lowest BCUT2D eigenvalue weighted by atomic mass is 9.92. The second kappa shape index (κ2) is 6.30. The normalized spacial score (nSPS) is 17.0. The van der Waals surface area contributed by atoms with Gasteiger partial charge in [-0.15, -0.1) is 0 Å². The summed E-state index contributed by atoms with van der Waals surface area (Å²) in [7, 11) is 0. The minimum atomic E-state index is -0.0724. The molecule has 0 N–H and O–H groups in total. The zero-order chi connectivity index (χ0) is 14.7. The van der Waals surface area contributed by atoms with Crippen LogP contribution in [0.2, 0.25) is 0 Å². The summed E-state index contributed by atoms with van der Waals surface area (Å²) in [5, 5.41) is 2.18. The predicted molar refractivity (Wildman–Crippen MR) is 85.7 cm³/mol. The lowest BCUT2D eigenvalue weighted by molar-refractivity contribution is -0.134. The molecule has 110 valence electrons. The van der Waals surface area contributed by atoms with Gasteiger partial charge in [0.1, 0.15) is 5.75 Å². The van der Waals surface area contributed by atoms with Gasteiger partial charge >= 0.3 is 5.97 Å². The zero-order valence-corrected chi connectivity index (χ0v) is 12.6. The van der Waals surface area contributed by atoms with Crippen molar-refractivity contribution in [2.75, 3.05) is 0 Å². The second-order valence-corrected chi connectivity index (χ2v) is 5.88. The number of hydrogen-bond donors (Lipinski definition) is 0. The van der Waals surface area contributed by atoms with Gasteiger partial charge in [0.15, 0.2) is 0 Å². The molecule has 21 heavy (non-hydrogen) atoms. The van der Waals surface area contributed by atoms with Gasteiger partial charge in [-0.05, 0) is 11.8 Å². The minimum Gasteiger partial charge on any atom is -0.425 e. The van der Waals surface area contributed by atoms with E-state index in [1.807, 2.05) is 18.2 Å². The van der Waals surface area contributed by atoms with Crippen LogP contribution in [0, 0.1) is 0 Å². The first-order chi connectivity index (χ1) is 10.3. The Hall–Kier alpha value is -1.83. The van der Waals surface area contributed by atoms with Gasteiger partial charge in [-0.25, -0.2) is 0 Å². The largest absolute Gasteiger partial charge is 0.425 e. The van der Waals surface area contributed by atoms with Crippen LogP contribution >= 0.6 is 0 Å². The van der Waals surface area contributed by atoms with Crippen molar-refractivity contribution < 1.29 is 9.53 Å². The van der Waals surface area contributed by atoms with Crippen LogP contribution in [0.15, 0.2) is 36.4 Å². The number of ether oxygens (including phenoxy) is 1. The molecule has 1 atom stereocenters. The summed E-state index contributed by atoms with van der Waals surface area (Å²) in [6.07, 6.45) is 7.03. The molecule has 0 radical (unpaired) electrons. The number of rotatable bonds is 6. The maximum atomic E-state index is 12.2. The number of unbranched alkanes of at least 4 members (excludes halogenated alkanes) is 4. The van der Waals surface area contributed by atoms with Gasteiger partial charge in [0.05, 0.1) is 5.92 Å². The Morgan fingerprint density at radius 3 is 2.67 bits per heavy atom. The standard InChI is InChI=1S/C19H22O2/c1-2-3-4-5-6-11-17-16-13-12-14-9-7-8-10-15(14)18(16)21-19(17)20/h7-10,12-13,17H,2-6,11H2,1H3. The average molecular weight is 282 g/mol. The van der Waals surface area contributed by atoms with E-state index >= 15 is 0 Å². The fourth-order valence-electron chi connectivity index (χ4n) is 3.17. The molecular formula is C19H22O2. The highest BCUT2D eigenvalue weighted by Crippen LogP contribution is 2.42. The molecule has 0 saturated heterocycles. The van der Waals surface area contributed by atoms with E-state index in [-0.39, 0.29) is 11.9 Å². The molecule has 0 aliphatic carbocycles. The number of benzene rings is 2. The van der Waals surface area contributed by atoms with E-state index in [4.69, 9.17) is 4.74 Å². The number of hydrogen-bond acceptors (Lipinski definition) is 2. The highest BCUT2D eigenvalue weighted by Gasteiger charge is 2.33. The molecule has 1 aliphatic heterocycles. The minimum absolute atomic E-state index is 0.0637. The number of carbonyl (C=O) groups excluding carboxylic acids is 1. The molecule has 2 nitrogen and oxygen atoms in total. The highest BCUT2D eigenvalue weighted by atomic mass is 16.5. The third-order valence-corrected chi connectivity index (χ3v) is 4.37. The molecule has 1 heterocycles. The summed E-state index contributed by atoms with van der Waals surface area (Å²) >= 11 is 0. The third kappa shape index (κ3) is 2.80. The van der Waals surface area contributed by atoms with E-state index in [0.717, 1.165) is 34.9 Å². The molecular weight excluding hydrogens is 260 g/mol. The summed E-state index contributed by atoms with van der Waals surface area (Å²) in [6, 6.07) is 12.3. The van der Waals surface area contributed by atoms with Crippen molar-refractivity contribution in [1.29, 1.82) is 0 Å². The molecule has 2 aromatic carbocycles. The third-order valence-electron chi connectivity index (χ3n) is 4.37. The van der Waals surface area contributed by atoms with Crippen LogP contribution in [-0.4, -0.2) is 5.97 Å². The summed E-state index contributed by atoms with van der Waals surface area (Å²) in [6.45, 7) is 2.22. The van der Waals surface area contributed by atoms with Crippen LogP contribution < -0.4 is 4.74 Å². The quantitative estimate of drug-likeness (QED) is 0.413. The maximum Gasteiger partial charge on any atom is 0.318 e. The monoisotopic (exact) mass is 282 g/mol. The van der Waals surface area contributed by atoms with Crippen molar-refractivity contribution in [1.82, 2.24) is 0 Å². The van der Waals surface area contributed by atoms with Gasteiger partial charge in [0.2, 0.25) is 0 Å². The second-order valence-electron chi connectivity index (χ2n) is 5.88. The van der Waals surface area contributed by atoms with Crippen molar-refractivity contribution in [2.45, 2.75) is 51.4 Å². The van der Waals surface area contributed by atoms with Crippen LogP contribution in [0.3, 0.4) is 0 Å². The molecule has 2 aromatic rings. The van der Waals surface area contributed by atoms with Crippen molar-refractivity contribution in [2.24, 2.45) is 0 Å². The van der Waals surface area contributed by atoms with Crippen molar-refractivity contribution in [3.05, 3.63) is 42.0 Å². The van der Waals surface area contributed by atoms with Gasteiger partial charge in [-0.1, -0.05) is 75.4 Å². The molecule has 0 bridgehead atoms. The van der Waals surface area contributed by atoms with Gasteiger partial charge in [0.25, 0.3) is 0 Å². The van der Waals surface area contributed by atoms with E-state index in [9.17, 15) is 4.79 Å². The Morgan fingerprint density at radius 2 is 1.81 bits per heavy atom.